The third-order valence-corrected chi connectivity index (χ3v) is 6.46. The SMILES string of the molecule is COc1ccc(C)cc1-n1nnnc1SCC(=O)O[C@H]1C[C@H](C)CC[C@@H]1C(C)C. The monoisotopic (exact) mass is 418 g/mol. The van der Waals surface area contributed by atoms with Crippen molar-refractivity contribution in [3.05, 3.63) is 23.8 Å². The summed E-state index contributed by atoms with van der Waals surface area (Å²) in [5.41, 5.74) is 1.81. The average Bonchev–Trinajstić information content (AvgIpc) is 3.14. The Morgan fingerprint density at radius 3 is 2.86 bits per heavy atom. The minimum atomic E-state index is -0.217. The molecule has 0 aliphatic heterocycles. The zero-order valence-electron chi connectivity index (χ0n) is 17.8. The van der Waals surface area contributed by atoms with Crippen LogP contribution in [0.1, 0.15) is 45.6 Å². The fourth-order valence-corrected chi connectivity index (χ4v) is 4.63. The number of aromatic nitrogens is 4. The molecule has 2 aromatic rings. The highest BCUT2D eigenvalue weighted by atomic mass is 32.2. The summed E-state index contributed by atoms with van der Waals surface area (Å²) in [7, 11) is 1.61. The van der Waals surface area contributed by atoms with E-state index in [1.807, 2.05) is 25.1 Å². The molecular weight excluding hydrogens is 388 g/mol. The van der Waals surface area contributed by atoms with Gasteiger partial charge in [0.05, 0.1) is 12.9 Å². The van der Waals surface area contributed by atoms with Crippen LogP contribution >= 0.6 is 11.8 Å². The minimum Gasteiger partial charge on any atom is -0.494 e. The molecule has 3 rings (SSSR count). The number of hydrogen-bond donors (Lipinski definition) is 0. The van der Waals surface area contributed by atoms with Crippen LogP contribution < -0.4 is 4.74 Å². The van der Waals surface area contributed by atoms with Crippen LogP contribution in [0, 0.1) is 24.7 Å². The predicted molar refractivity (Wildman–Crippen MR) is 112 cm³/mol. The number of thioether (sulfide) groups is 1. The molecule has 0 bridgehead atoms. The predicted octanol–water partition coefficient (Wildman–Crippen LogP) is 4.08. The highest BCUT2D eigenvalue weighted by Crippen LogP contribution is 2.35. The van der Waals surface area contributed by atoms with E-state index in [0.29, 0.717) is 28.7 Å². The molecule has 158 valence electrons. The van der Waals surface area contributed by atoms with E-state index in [0.717, 1.165) is 24.1 Å². The number of carbonyl (C=O) groups excluding carboxylic acids is 1. The Balaban J connectivity index is 1.66. The number of tetrazole rings is 1. The van der Waals surface area contributed by atoms with Gasteiger partial charge in [0.1, 0.15) is 17.5 Å². The molecule has 7 nitrogen and oxygen atoms in total. The van der Waals surface area contributed by atoms with E-state index in [4.69, 9.17) is 9.47 Å². The van der Waals surface area contributed by atoms with Gasteiger partial charge in [-0.15, -0.1) is 5.10 Å². The second-order valence-corrected chi connectivity index (χ2v) is 9.13. The Hall–Kier alpha value is -2.09. The summed E-state index contributed by atoms with van der Waals surface area (Å²) < 4.78 is 12.9. The zero-order chi connectivity index (χ0) is 21.0. The molecule has 1 aliphatic rings. The first-order valence-corrected chi connectivity index (χ1v) is 11.1. The van der Waals surface area contributed by atoms with Gasteiger partial charge in [-0.05, 0) is 65.6 Å². The van der Waals surface area contributed by atoms with Gasteiger partial charge in [-0.25, -0.2) is 0 Å². The van der Waals surface area contributed by atoms with Crippen molar-refractivity contribution < 1.29 is 14.3 Å². The molecule has 0 radical (unpaired) electrons. The molecule has 0 amide bonds. The molecule has 1 heterocycles. The van der Waals surface area contributed by atoms with E-state index in [9.17, 15) is 4.79 Å². The van der Waals surface area contributed by atoms with Crippen LogP contribution in [0.3, 0.4) is 0 Å². The van der Waals surface area contributed by atoms with E-state index in [2.05, 4.69) is 36.3 Å². The highest BCUT2D eigenvalue weighted by molar-refractivity contribution is 7.99. The first-order chi connectivity index (χ1) is 13.9. The smallest absolute Gasteiger partial charge is 0.316 e. The number of benzene rings is 1. The van der Waals surface area contributed by atoms with Gasteiger partial charge in [0.2, 0.25) is 5.16 Å². The highest BCUT2D eigenvalue weighted by Gasteiger charge is 2.33. The van der Waals surface area contributed by atoms with Gasteiger partial charge in [-0.2, -0.15) is 4.68 Å². The lowest BCUT2D eigenvalue weighted by molar-refractivity contribution is -0.152. The lowest BCUT2D eigenvalue weighted by Gasteiger charge is -2.36. The second kappa shape index (κ2) is 9.61. The van der Waals surface area contributed by atoms with Gasteiger partial charge < -0.3 is 9.47 Å². The normalized spacial score (nSPS) is 21.9. The lowest BCUT2D eigenvalue weighted by Crippen LogP contribution is -2.36. The summed E-state index contributed by atoms with van der Waals surface area (Å²) in [4.78, 5) is 12.6. The standard InChI is InChI=1S/C21H30N4O3S/c1-13(2)16-8-6-15(4)11-19(16)28-20(26)12-29-21-22-23-24-25(21)17-10-14(3)7-9-18(17)27-5/h7,9-10,13,15-16,19H,6,8,11-12H2,1-5H3/t15-,16-,19+/m1/s1. The van der Waals surface area contributed by atoms with Crippen LogP contribution in [0.2, 0.25) is 0 Å². The summed E-state index contributed by atoms with van der Waals surface area (Å²) in [5, 5.41) is 12.5. The summed E-state index contributed by atoms with van der Waals surface area (Å²) in [5.74, 6) is 2.16. The molecule has 3 atom stereocenters. The van der Waals surface area contributed by atoms with E-state index >= 15 is 0 Å². The largest absolute Gasteiger partial charge is 0.494 e. The molecule has 1 aromatic heterocycles. The van der Waals surface area contributed by atoms with Crippen molar-refractivity contribution in [2.24, 2.45) is 17.8 Å². The van der Waals surface area contributed by atoms with Gasteiger partial charge in [-0.3, -0.25) is 4.79 Å². The van der Waals surface area contributed by atoms with Crippen molar-refractivity contribution in [3.63, 3.8) is 0 Å². The molecule has 0 unspecified atom stereocenters. The molecule has 29 heavy (non-hydrogen) atoms. The van der Waals surface area contributed by atoms with Gasteiger partial charge >= 0.3 is 5.97 Å². The number of hydrogen-bond acceptors (Lipinski definition) is 7. The molecule has 1 fully saturated rings. The fourth-order valence-electron chi connectivity index (χ4n) is 3.96. The topological polar surface area (TPSA) is 79.1 Å². The number of carbonyl (C=O) groups is 1. The first kappa shape index (κ1) is 21.6. The Bertz CT molecular complexity index is 839. The van der Waals surface area contributed by atoms with E-state index in [1.54, 1.807) is 11.8 Å². The van der Waals surface area contributed by atoms with Gasteiger partial charge in [-0.1, -0.05) is 45.0 Å². The van der Waals surface area contributed by atoms with Crippen molar-refractivity contribution >= 4 is 17.7 Å². The number of nitrogens with zero attached hydrogens (tertiary/aromatic N) is 4. The van der Waals surface area contributed by atoms with Crippen LogP contribution in [-0.2, 0) is 9.53 Å². The van der Waals surface area contributed by atoms with Crippen molar-refractivity contribution in [2.75, 3.05) is 12.9 Å². The molecule has 1 aliphatic carbocycles. The Morgan fingerprint density at radius 2 is 2.14 bits per heavy atom. The van der Waals surface area contributed by atoms with Crippen LogP contribution in [-0.4, -0.2) is 45.1 Å². The molecule has 1 saturated carbocycles. The first-order valence-electron chi connectivity index (χ1n) is 10.1. The van der Waals surface area contributed by atoms with Crippen LogP contribution in [0.25, 0.3) is 5.69 Å². The van der Waals surface area contributed by atoms with E-state index in [1.165, 1.54) is 18.2 Å². The number of ether oxygens (including phenoxy) is 2. The van der Waals surface area contributed by atoms with Crippen molar-refractivity contribution in [1.29, 1.82) is 0 Å². The Kier molecular flexibility index (Phi) is 7.16. The fraction of sp³-hybridized carbons (Fsp3) is 0.619. The number of methoxy groups -OCH3 is 1. The molecule has 0 N–H and O–H groups in total. The molecule has 0 spiro atoms. The van der Waals surface area contributed by atoms with Crippen molar-refractivity contribution in [3.8, 4) is 11.4 Å². The minimum absolute atomic E-state index is 0.000267. The Labute approximate surface area is 176 Å². The third-order valence-electron chi connectivity index (χ3n) is 5.57. The summed E-state index contributed by atoms with van der Waals surface area (Å²) in [6, 6.07) is 5.80. The van der Waals surface area contributed by atoms with Crippen molar-refractivity contribution in [1.82, 2.24) is 20.2 Å². The maximum atomic E-state index is 12.6. The molecular formula is C21H30N4O3S. The van der Waals surface area contributed by atoms with Gasteiger partial charge in [0, 0.05) is 0 Å². The van der Waals surface area contributed by atoms with Gasteiger partial charge in [0.15, 0.2) is 0 Å². The summed E-state index contributed by atoms with van der Waals surface area (Å²) in [6.07, 6.45) is 3.27. The summed E-state index contributed by atoms with van der Waals surface area (Å²) >= 11 is 1.28. The van der Waals surface area contributed by atoms with Crippen LogP contribution in [0.15, 0.2) is 23.4 Å². The molecule has 8 heteroatoms. The number of esters is 1. The van der Waals surface area contributed by atoms with Crippen LogP contribution in [0.4, 0.5) is 0 Å². The average molecular weight is 419 g/mol. The number of aryl methyl sites for hydroxylation is 1. The third kappa shape index (κ3) is 5.29. The van der Waals surface area contributed by atoms with Crippen molar-refractivity contribution in [2.45, 2.75) is 58.2 Å². The quantitative estimate of drug-likeness (QED) is 0.495. The van der Waals surface area contributed by atoms with E-state index in [-0.39, 0.29) is 17.8 Å². The summed E-state index contributed by atoms with van der Waals surface area (Å²) in [6.45, 7) is 8.64. The molecule has 0 saturated heterocycles. The van der Waals surface area contributed by atoms with E-state index < -0.39 is 0 Å². The maximum absolute atomic E-state index is 12.6. The number of rotatable bonds is 7. The maximum Gasteiger partial charge on any atom is 0.316 e. The Morgan fingerprint density at radius 1 is 1.34 bits per heavy atom. The lowest BCUT2D eigenvalue weighted by atomic mass is 9.75. The second-order valence-electron chi connectivity index (χ2n) is 8.19. The molecule has 1 aromatic carbocycles. The van der Waals surface area contributed by atoms with Crippen LogP contribution in [0.5, 0.6) is 5.75 Å². The van der Waals surface area contributed by atoms with Gasteiger partial charge in [0.25, 0.3) is 0 Å². The zero-order valence-corrected chi connectivity index (χ0v) is 18.6.